The Balaban J connectivity index is 0.000000211. The molecule has 0 aliphatic heterocycles. The van der Waals surface area contributed by atoms with Crippen LogP contribution in [0.5, 0.6) is 0 Å². The lowest BCUT2D eigenvalue weighted by Gasteiger charge is -1.93. The second-order valence-corrected chi connectivity index (χ2v) is 3.49. The van der Waals surface area contributed by atoms with Gasteiger partial charge in [0, 0.05) is 0 Å². The Hall–Kier alpha value is -0.680. The zero-order chi connectivity index (χ0) is 9.45. The summed E-state index contributed by atoms with van der Waals surface area (Å²) in [5.74, 6) is 0. The van der Waals surface area contributed by atoms with E-state index in [-0.39, 0.29) is 6.47 Å². The number of rotatable bonds is 2. The Kier molecular flexibility index (Phi) is 5.57. The summed E-state index contributed by atoms with van der Waals surface area (Å²) in [6.45, 7) is -0.305. The van der Waals surface area contributed by atoms with Gasteiger partial charge in [-0.3, -0.25) is 14.6 Å². The van der Waals surface area contributed by atoms with E-state index in [1.807, 2.05) is 22.9 Å². The maximum atomic E-state index is 9.47. The van der Waals surface area contributed by atoms with Gasteiger partial charge in [0.05, 0.1) is 0 Å². The van der Waals surface area contributed by atoms with Gasteiger partial charge in [-0.2, -0.15) is 11.3 Å². The molecule has 1 heterocycles. The van der Waals surface area contributed by atoms with Gasteiger partial charge < -0.3 is 4.52 Å². The van der Waals surface area contributed by atoms with Gasteiger partial charge in [0.25, 0.3) is 0 Å². The van der Waals surface area contributed by atoms with E-state index < -0.39 is 7.82 Å². The Morgan fingerprint density at radius 3 is 1.92 bits per heavy atom. The van der Waals surface area contributed by atoms with E-state index in [1.54, 1.807) is 11.3 Å². The zero-order valence-corrected chi connectivity index (χ0v) is 7.57. The lowest BCUT2D eigenvalue weighted by Crippen LogP contribution is -1.81. The van der Waals surface area contributed by atoms with E-state index in [4.69, 9.17) is 14.6 Å². The van der Waals surface area contributed by atoms with Gasteiger partial charge in [-0.15, -0.1) is 0 Å². The van der Waals surface area contributed by atoms with Crippen molar-refractivity contribution in [2.24, 2.45) is 0 Å². The highest BCUT2D eigenvalue weighted by molar-refractivity contribution is 7.46. The SMILES string of the molecule is O=COP(=O)(O)O.c1ccsc1. The molecular formula is C5H7O5PS. The van der Waals surface area contributed by atoms with Crippen LogP contribution in [0, 0.1) is 0 Å². The van der Waals surface area contributed by atoms with Crippen molar-refractivity contribution < 1.29 is 23.7 Å². The molecule has 7 heteroatoms. The highest BCUT2D eigenvalue weighted by atomic mass is 32.1. The monoisotopic (exact) mass is 210 g/mol. The van der Waals surface area contributed by atoms with Crippen LogP contribution in [0.3, 0.4) is 0 Å². The van der Waals surface area contributed by atoms with Crippen LogP contribution in [0.2, 0.25) is 0 Å². The van der Waals surface area contributed by atoms with Crippen LogP contribution < -0.4 is 0 Å². The molecule has 5 nitrogen and oxygen atoms in total. The fourth-order valence-electron chi connectivity index (χ4n) is 0.283. The van der Waals surface area contributed by atoms with Crippen LogP contribution in [-0.4, -0.2) is 16.3 Å². The number of phosphoric ester groups is 1. The molecule has 0 saturated heterocycles. The van der Waals surface area contributed by atoms with Crippen molar-refractivity contribution >= 4 is 25.6 Å². The van der Waals surface area contributed by atoms with Crippen molar-refractivity contribution in [3.8, 4) is 0 Å². The largest absolute Gasteiger partial charge is 0.526 e. The Bertz CT molecular complexity index is 223. The molecule has 0 aromatic carbocycles. The second-order valence-electron chi connectivity index (χ2n) is 1.49. The third-order valence-electron chi connectivity index (χ3n) is 0.606. The van der Waals surface area contributed by atoms with Crippen molar-refractivity contribution in [3.05, 3.63) is 22.9 Å². The van der Waals surface area contributed by atoms with Gasteiger partial charge in [0.15, 0.2) is 0 Å². The van der Waals surface area contributed by atoms with Gasteiger partial charge in [0.1, 0.15) is 0 Å². The summed E-state index contributed by atoms with van der Waals surface area (Å²) in [7, 11) is -4.53. The molecule has 0 aliphatic rings. The molecule has 12 heavy (non-hydrogen) atoms. The maximum Gasteiger partial charge on any atom is 0.526 e. The van der Waals surface area contributed by atoms with Gasteiger partial charge in [-0.25, -0.2) is 4.57 Å². The molecule has 0 fully saturated rings. The number of phosphoric acid groups is 1. The highest BCUT2D eigenvalue weighted by Gasteiger charge is 2.11. The molecule has 1 rings (SSSR count). The number of hydrogen-bond acceptors (Lipinski definition) is 4. The third-order valence-corrected chi connectivity index (χ3v) is 1.59. The fourth-order valence-corrected chi connectivity index (χ4v) is 0.849. The van der Waals surface area contributed by atoms with Crippen molar-refractivity contribution in [1.82, 2.24) is 0 Å². The predicted octanol–water partition coefficient (Wildman–Crippen LogP) is 1.00. The highest BCUT2D eigenvalue weighted by Crippen LogP contribution is 2.33. The van der Waals surface area contributed by atoms with E-state index in [2.05, 4.69) is 4.52 Å². The van der Waals surface area contributed by atoms with Crippen LogP contribution in [0.4, 0.5) is 0 Å². The standard InChI is InChI=1S/C4H4S.CH3O5P/c1-2-4-5-3-1;2-1-6-7(3,4)5/h1-4H;1H,(H2,3,4,5). The molecule has 2 N–H and O–H groups in total. The molecule has 0 amide bonds. The minimum absolute atomic E-state index is 0.305. The van der Waals surface area contributed by atoms with Gasteiger partial charge in [-0.1, -0.05) is 12.1 Å². The lowest BCUT2D eigenvalue weighted by atomic mass is 10.7. The Morgan fingerprint density at radius 1 is 1.33 bits per heavy atom. The van der Waals surface area contributed by atoms with Crippen molar-refractivity contribution in [2.75, 3.05) is 0 Å². The van der Waals surface area contributed by atoms with Gasteiger partial charge >= 0.3 is 14.3 Å². The zero-order valence-electron chi connectivity index (χ0n) is 5.86. The van der Waals surface area contributed by atoms with Crippen LogP contribution in [0.25, 0.3) is 0 Å². The quantitative estimate of drug-likeness (QED) is 0.562. The average Bonchev–Trinajstić information content (AvgIpc) is 2.38. The lowest BCUT2D eigenvalue weighted by molar-refractivity contribution is -0.121. The van der Waals surface area contributed by atoms with Crippen molar-refractivity contribution in [1.29, 1.82) is 0 Å². The Labute approximate surface area is 72.9 Å². The van der Waals surface area contributed by atoms with Crippen molar-refractivity contribution in [3.63, 3.8) is 0 Å². The summed E-state index contributed by atoms with van der Waals surface area (Å²) in [6.07, 6.45) is 0. The first kappa shape index (κ1) is 11.3. The van der Waals surface area contributed by atoms with Crippen LogP contribution >= 0.6 is 19.2 Å². The second kappa shape index (κ2) is 5.91. The summed E-state index contributed by atoms with van der Waals surface area (Å²) >= 11 is 1.71. The number of thiophene rings is 1. The van der Waals surface area contributed by atoms with Crippen LogP contribution in [-0.2, 0) is 13.9 Å². The first-order valence-corrected chi connectivity index (χ1v) is 5.18. The smallest absolute Gasteiger partial charge is 0.373 e. The van der Waals surface area contributed by atoms with E-state index in [9.17, 15) is 4.57 Å². The van der Waals surface area contributed by atoms with E-state index in [0.29, 0.717) is 0 Å². The summed E-state index contributed by atoms with van der Waals surface area (Å²) in [5.41, 5.74) is 0. The molecule has 0 spiro atoms. The van der Waals surface area contributed by atoms with E-state index in [0.717, 1.165) is 0 Å². The van der Waals surface area contributed by atoms with Crippen LogP contribution in [0.15, 0.2) is 22.9 Å². The normalized spacial score (nSPS) is 9.50. The number of carbonyl (C=O) groups is 1. The molecule has 1 aromatic rings. The molecule has 68 valence electrons. The topological polar surface area (TPSA) is 83.8 Å². The van der Waals surface area contributed by atoms with Crippen molar-refractivity contribution in [2.45, 2.75) is 0 Å². The summed E-state index contributed by atoms with van der Waals surface area (Å²) in [5, 5.41) is 4.08. The Morgan fingerprint density at radius 2 is 1.83 bits per heavy atom. The third kappa shape index (κ3) is 9.32. The van der Waals surface area contributed by atoms with Gasteiger partial charge in [-0.05, 0) is 10.8 Å². The summed E-state index contributed by atoms with van der Waals surface area (Å²) in [6, 6.07) is 4.04. The molecule has 0 aliphatic carbocycles. The number of carbonyl (C=O) groups excluding carboxylic acids is 1. The van der Waals surface area contributed by atoms with Gasteiger partial charge in [0.2, 0.25) is 0 Å². The summed E-state index contributed by atoms with van der Waals surface area (Å²) in [4.78, 5) is 24.5. The molecule has 0 unspecified atom stereocenters. The molecule has 0 radical (unpaired) electrons. The van der Waals surface area contributed by atoms with E-state index >= 15 is 0 Å². The average molecular weight is 210 g/mol. The number of hydrogen-bond donors (Lipinski definition) is 2. The van der Waals surface area contributed by atoms with E-state index in [1.165, 1.54) is 0 Å². The molecule has 0 atom stereocenters. The summed E-state index contributed by atoms with van der Waals surface area (Å²) < 4.78 is 12.7. The van der Waals surface area contributed by atoms with Crippen LogP contribution in [0.1, 0.15) is 0 Å². The first-order chi connectivity index (χ1) is 5.56. The maximum absolute atomic E-state index is 9.47. The molecular weight excluding hydrogens is 203 g/mol. The first-order valence-electron chi connectivity index (χ1n) is 2.71. The predicted molar refractivity (Wildman–Crippen MR) is 43.5 cm³/mol. The molecule has 0 bridgehead atoms. The minimum atomic E-state index is -4.53. The molecule has 0 saturated carbocycles. The molecule has 1 aromatic heterocycles. The fraction of sp³-hybridized carbons (Fsp3) is 0. The minimum Gasteiger partial charge on any atom is -0.373 e.